The highest BCUT2D eigenvalue weighted by Gasteiger charge is 2.87. The van der Waals surface area contributed by atoms with Gasteiger partial charge in [-0.2, -0.15) is 0 Å². The van der Waals surface area contributed by atoms with Crippen molar-refractivity contribution in [3.05, 3.63) is 12.2 Å². The Morgan fingerprint density at radius 2 is 1.56 bits per heavy atom. The molecule has 10 heteroatoms. The zero-order chi connectivity index (χ0) is 29.2. The molecule has 1 saturated heterocycles. The summed E-state index contributed by atoms with van der Waals surface area (Å²) in [5.41, 5.74) is -1.66. The van der Waals surface area contributed by atoms with Crippen molar-refractivity contribution in [2.24, 2.45) is 28.6 Å². The van der Waals surface area contributed by atoms with Crippen LogP contribution in [0.15, 0.2) is 12.2 Å². The Morgan fingerprint density at radius 1 is 0.974 bits per heavy atom. The van der Waals surface area contributed by atoms with Crippen LogP contribution in [0.1, 0.15) is 39.0 Å². The number of esters is 2. The molecule has 5 fully saturated rings. The highest BCUT2D eigenvalue weighted by molar-refractivity contribution is 6.70. The van der Waals surface area contributed by atoms with E-state index in [4.69, 9.17) is 22.8 Å². The van der Waals surface area contributed by atoms with E-state index in [9.17, 15) is 9.59 Å². The third kappa shape index (κ3) is 4.17. The van der Waals surface area contributed by atoms with Crippen molar-refractivity contribution >= 4 is 36.9 Å². The average Bonchev–Trinajstić information content (AvgIpc) is 3.20. The average molecular weight is 595 g/mol. The molecule has 0 aromatic heterocycles. The molecule has 0 N–H and O–H groups in total. The van der Waals surface area contributed by atoms with E-state index in [0.717, 1.165) is 24.8 Å². The van der Waals surface area contributed by atoms with Gasteiger partial charge in [-0.1, -0.05) is 6.58 Å². The van der Waals surface area contributed by atoms with E-state index < -0.39 is 52.9 Å². The molecule has 5 aliphatic rings. The number of methoxy groups -OCH3 is 1. The molecule has 0 aromatic rings. The third-order valence-electron chi connectivity index (χ3n) is 10.2. The first-order valence-electron chi connectivity index (χ1n) is 14.7. The van der Waals surface area contributed by atoms with E-state index in [2.05, 4.69) is 65.5 Å². The lowest BCUT2D eigenvalue weighted by molar-refractivity contribution is -0.176. The van der Waals surface area contributed by atoms with Gasteiger partial charge in [-0.25, -0.2) is 0 Å². The summed E-state index contributed by atoms with van der Waals surface area (Å²) >= 11 is 0. The van der Waals surface area contributed by atoms with Gasteiger partial charge in [0.05, 0.1) is 36.3 Å². The molecule has 4 bridgehead atoms. The van der Waals surface area contributed by atoms with Crippen LogP contribution < -0.4 is 0 Å². The molecule has 4 aliphatic carbocycles. The smallest absolute Gasteiger partial charge is 0.315 e. The maximum absolute atomic E-state index is 14.1. The number of hydrogen-bond donors (Lipinski definition) is 0. The lowest BCUT2D eigenvalue weighted by Gasteiger charge is -2.53. The van der Waals surface area contributed by atoms with Gasteiger partial charge in [-0.15, -0.1) is 0 Å². The highest BCUT2D eigenvalue weighted by Crippen LogP contribution is 2.79. The Morgan fingerprint density at radius 3 is 2.10 bits per heavy atom. The van der Waals surface area contributed by atoms with Crippen LogP contribution in [0.3, 0.4) is 0 Å². The van der Waals surface area contributed by atoms with Crippen molar-refractivity contribution in [2.75, 3.05) is 7.11 Å². The molecule has 9 atom stereocenters. The SMILES string of the molecule is C=C1C[C@]23C[C@@]1(O[Si](C)(C)C)CCC2[C@@]12OC(=O)C(C)(C1C3C(=O)OC)[C@@H](O[Si](C)(C)C)C[C@@H]2O[Si](C)(C)C. The minimum absolute atomic E-state index is 0.0309. The minimum Gasteiger partial charge on any atom is -0.469 e. The van der Waals surface area contributed by atoms with Crippen LogP contribution in [0.2, 0.25) is 58.9 Å². The Bertz CT molecular complexity index is 1090. The Hall–Kier alpha value is -0.789. The quantitative estimate of drug-likeness (QED) is 0.207. The summed E-state index contributed by atoms with van der Waals surface area (Å²) in [4.78, 5) is 28.2. The lowest BCUT2D eigenvalue weighted by Crippen LogP contribution is -2.64. The summed E-state index contributed by atoms with van der Waals surface area (Å²) in [6.45, 7) is 26.2. The molecular weight excluding hydrogens is 545 g/mol. The van der Waals surface area contributed by atoms with Crippen LogP contribution in [0.25, 0.3) is 0 Å². The van der Waals surface area contributed by atoms with Gasteiger partial charge in [0.15, 0.2) is 25.0 Å². The number of rotatable bonds is 7. The van der Waals surface area contributed by atoms with Crippen LogP contribution >= 0.6 is 0 Å². The zero-order valence-electron chi connectivity index (χ0n) is 26.0. The van der Waals surface area contributed by atoms with Crippen LogP contribution in [0.4, 0.5) is 0 Å². The van der Waals surface area contributed by atoms with Gasteiger partial charge in [0.1, 0.15) is 5.60 Å². The molecule has 5 rings (SSSR count). The van der Waals surface area contributed by atoms with E-state index >= 15 is 0 Å². The molecule has 0 radical (unpaired) electrons. The van der Waals surface area contributed by atoms with Gasteiger partial charge in [-0.05, 0) is 103 Å². The van der Waals surface area contributed by atoms with Crippen molar-refractivity contribution in [3.63, 3.8) is 0 Å². The van der Waals surface area contributed by atoms with Crippen LogP contribution in [-0.2, 0) is 32.3 Å². The fourth-order valence-corrected chi connectivity index (χ4v) is 13.4. The molecule has 1 heterocycles. The standard InChI is InChI=1S/C29H50O7Si3/c1-18-16-27-17-28(18,36-39(10,11)12)14-13-19(27)29-21(35-38(7,8)9)15-20(34-37(4,5)6)26(2,25(31)33-29)23(29)22(27)24(30)32-3/h19-23H,1,13-17H2,2-12H3/t19?,20-,21-,22?,23?,26?,27-,28-,29-/m0/s1. The van der Waals surface area contributed by atoms with E-state index in [1.54, 1.807) is 0 Å². The second kappa shape index (κ2) is 8.63. The van der Waals surface area contributed by atoms with Gasteiger partial charge in [-0.3, -0.25) is 9.59 Å². The second-order valence-electron chi connectivity index (χ2n) is 16.2. The number of carbonyl (C=O) groups excluding carboxylic acids is 2. The molecule has 4 saturated carbocycles. The van der Waals surface area contributed by atoms with Gasteiger partial charge in [0, 0.05) is 18.3 Å². The minimum atomic E-state index is -2.07. The summed E-state index contributed by atoms with van der Waals surface area (Å²) < 4.78 is 33.1. The molecule has 1 spiro atoms. The fourth-order valence-electron chi connectivity index (χ4n) is 9.57. The largest absolute Gasteiger partial charge is 0.469 e. The van der Waals surface area contributed by atoms with Gasteiger partial charge < -0.3 is 22.8 Å². The molecule has 7 nitrogen and oxygen atoms in total. The van der Waals surface area contributed by atoms with Crippen molar-refractivity contribution < 1.29 is 32.3 Å². The molecule has 1 aliphatic heterocycles. The molecule has 0 amide bonds. The first-order chi connectivity index (χ1) is 17.7. The highest BCUT2D eigenvalue weighted by atomic mass is 28.4. The summed E-state index contributed by atoms with van der Waals surface area (Å²) in [7, 11) is -4.58. The first kappa shape index (κ1) is 29.7. The monoisotopic (exact) mass is 594 g/mol. The summed E-state index contributed by atoms with van der Waals surface area (Å²) in [5, 5.41) is 0. The number of fused-ring (bicyclic) bond motifs is 1. The molecule has 39 heavy (non-hydrogen) atoms. The van der Waals surface area contributed by atoms with Gasteiger partial charge in [0.25, 0.3) is 0 Å². The van der Waals surface area contributed by atoms with E-state index in [1.807, 2.05) is 6.92 Å². The van der Waals surface area contributed by atoms with Crippen molar-refractivity contribution in [2.45, 2.75) is 121 Å². The fraction of sp³-hybridized carbons (Fsp3) is 0.862. The predicted molar refractivity (Wildman–Crippen MR) is 158 cm³/mol. The topological polar surface area (TPSA) is 80.3 Å². The maximum atomic E-state index is 14.1. The second-order valence-corrected chi connectivity index (χ2v) is 29.5. The van der Waals surface area contributed by atoms with E-state index in [0.29, 0.717) is 12.8 Å². The first-order valence-corrected chi connectivity index (χ1v) is 24.9. The molecule has 220 valence electrons. The third-order valence-corrected chi connectivity index (χ3v) is 13.2. The summed E-state index contributed by atoms with van der Waals surface area (Å²) in [5.74, 6) is -1.44. The molecule has 0 aromatic carbocycles. The van der Waals surface area contributed by atoms with E-state index in [1.165, 1.54) is 7.11 Å². The summed E-state index contributed by atoms with van der Waals surface area (Å²) in [6, 6.07) is 0. The van der Waals surface area contributed by atoms with Crippen molar-refractivity contribution in [3.8, 4) is 0 Å². The zero-order valence-corrected chi connectivity index (χ0v) is 29.0. The Balaban J connectivity index is 1.73. The van der Waals surface area contributed by atoms with Gasteiger partial charge >= 0.3 is 11.9 Å². The molecular formula is C29H50O7Si3. The molecule has 4 unspecified atom stereocenters. The normalized spacial score (nSPS) is 45.2. The Kier molecular flexibility index (Phi) is 6.57. The lowest BCUT2D eigenvalue weighted by atomic mass is 9.58. The Labute approximate surface area is 238 Å². The number of hydrogen-bond acceptors (Lipinski definition) is 7. The maximum Gasteiger partial charge on any atom is 0.315 e. The van der Waals surface area contributed by atoms with Crippen LogP contribution in [0.5, 0.6) is 0 Å². The predicted octanol–water partition coefficient (Wildman–Crippen LogP) is 5.89. The van der Waals surface area contributed by atoms with Crippen molar-refractivity contribution in [1.29, 1.82) is 0 Å². The number of carbonyl (C=O) groups is 2. The van der Waals surface area contributed by atoms with Crippen LogP contribution in [-0.4, -0.2) is 67.4 Å². The van der Waals surface area contributed by atoms with E-state index in [-0.39, 0.29) is 36.0 Å². The van der Waals surface area contributed by atoms with Crippen LogP contribution in [0, 0.1) is 28.6 Å². The van der Waals surface area contributed by atoms with Crippen molar-refractivity contribution in [1.82, 2.24) is 0 Å². The van der Waals surface area contributed by atoms with Gasteiger partial charge in [0.2, 0.25) is 0 Å². The summed E-state index contributed by atoms with van der Waals surface area (Å²) in [6.07, 6.45) is 2.94. The number of ether oxygens (including phenoxy) is 2.